The molecular weight excluding hydrogens is 347 g/mol. The summed E-state index contributed by atoms with van der Waals surface area (Å²) in [5.74, 6) is -0.802. The van der Waals surface area contributed by atoms with Crippen molar-refractivity contribution in [2.45, 2.75) is 13.1 Å². The Labute approximate surface area is 148 Å². The van der Waals surface area contributed by atoms with Gasteiger partial charge in [0, 0.05) is 32.3 Å². The molecule has 0 heterocycles. The van der Waals surface area contributed by atoms with Crippen LogP contribution in [0.4, 0.5) is 30.2 Å². The molecule has 0 saturated carbocycles. The number of halogens is 3. The minimum absolute atomic E-state index is 0.0563. The fourth-order valence-electron chi connectivity index (χ4n) is 2.31. The molecule has 0 aliphatic heterocycles. The van der Waals surface area contributed by atoms with Crippen LogP contribution in [0.3, 0.4) is 0 Å². The maximum absolute atomic E-state index is 12.9. The fourth-order valence-corrected chi connectivity index (χ4v) is 2.31. The molecule has 8 heteroatoms. The molecule has 0 atom stereocenters. The molecule has 0 spiro atoms. The first-order valence-corrected chi connectivity index (χ1v) is 7.65. The number of nitrogens with zero attached hydrogens (tertiary/aromatic N) is 1. The van der Waals surface area contributed by atoms with Gasteiger partial charge in [0.2, 0.25) is 5.91 Å². The van der Waals surface area contributed by atoms with Gasteiger partial charge in [-0.15, -0.1) is 0 Å². The van der Waals surface area contributed by atoms with Crippen molar-refractivity contribution in [2.24, 2.45) is 0 Å². The first-order chi connectivity index (χ1) is 12.1. The summed E-state index contributed by atoms with van der Waals surface area (Å²) in [5, 5.41) is 5.08. The SMILES string of the molecule is CC(=O)Nc1ccc(C(=O)Nc2cc(C(F)(F)F)ccc2N(C)C)cc1. The third kappa shape index (κ3) is 4.75. The summed E-state index contributed by atoms with van der Waals surface area (Å²) in [6.45, 7) is 1.36. The highest BCUT2D eigenvalue weighted by Gasteiger charge is 2.31. The Bertz CT molecular complexity index is 815. The van der Waals surface area contributed by atoms with Crippen LogP contribution in [0.1, 0.15) is 22.8 Å². The Kier molecular flexibility index (Phi) is 5.54. The average Bonchev–Trinajstić information content (AvgIpc) is 2.53. The van der Waals surface area contributed by atoms with Crippen LogP contribution in [0.15, 0.2) is 42.5 Å². The molecule has 0 aliphatic rings. The highest BCUT2D eigenvalue weighted by atomic mass is 19.4. The molecule has 5 nitrogen and oxygen atoms in total. The lowest BCUT2D eigenvalue weighted by Crippen LogP contribution is -2.18. The van der Waals surface area contributed by atoms with Crippen LogP contribution in [-0.4, -0.2) is 25.9 Å². The molecule has 2 aromatic rings. The highest BCUT2D eigenvalue weighted by molar-refractivity contribution is 6.06. The first kappa shape index (κ1) is 19.3. The van der Waals surface area contributed by atoms with Crippen LogP contribution in [0.25, 0.3) is 0 Å². The van der Waals surface area contributed by atoms with E-state index in [4.69, 9.17) is 0 Å². The molecule has 138 valence electrons. The van der Waals surface area contributed by atoms with Gasteiger partial charge in [0.15, 0.2) is 0 Å². The van der Waals surface area contributed by atoms with Crippen molar-refractivity contribution >= 4 is 28.9 Å². The second-order valence-corrected chi connectivity index (χ2v) is 5.84. The Morgan fingerprint density at radius 3 is 2.08 bits per heavy atom. The summed E-state index contributed by atoms with van der Waals surface area (Å²) < 4.78 is 38.8. The standard InChI is InChI=1S/C18H18F3N3O2/c1-11(25)22-14-7-4-12(5-8-14)17(26)23-15-10-13(18(19,20)21)6-9-16(15)24(2)3/h4-10H,1-3H3,(H,22,25)(H,23,26). The molecule has 2 aromatic carbocycles. The van der Waals surface area contributed by atoms with E-state index in [1.807, 2.05) is 0 Å². The average molecular weight is 365 g/mol. The maximum atomic E-state index is 12.9. The number of anilines is 3. The zero-order valence-corrected chi connectivity index (χ0v) is 14.4. The Hall–Kier alpha value is -3.03. The Balaban J connectivity index is 2.28. The number of hydrogen-bond acceptors (Lipinski definition) is 3. The maximum Gasteiger partial charge on any atom is 0.416 e. The monoisotopic (exact) mass is 365 g/mol. The highest BCUT2D eigenvalue weighted by Crippen LogP contribution is 2.35. The lowest BCUT2D eigenvalue weighted by Gasteiger charge is -2.20. The predicted molar refractivity (Wildman–Crippen MR) is 94.5 cm³/mol. The number of alkyl halides is 3. The number of rotatable bonds is 4. The second kappa shape index (κ2) is 7.47. The molecule has 0 aliphatic carbocycles. The van der Waals surface area contributed by atoms with Gasteiger partial charge in [-0.1, -0.05) is 0 Å². The van der Waals surface area contributed by atoms with Gasteiger partial charge in [-0.05, 0) is 42.5 Å². The zero-order chi connectivity index (χ0) is 19.5. The number of hydrogen-bond donors (Lipinski definition) is 2. The van der Waals surface area contributed by atoms with Gasteiger partial charge in [-0.2, -0.15) is 13.2 Å². The Morgan fingerprint density at radius 2 is 1.58 bits per heavy atom. The summed E-state index contributed by atoms with van der Waals surface area (Å²) in [7, 11) is 3.33. The summed E-state index contributed by atoms with van der Waals surface area (Å²) in [6.07, 6.45) is -4.51. The lowest BCUT2D eigenvalue weighted by molar-refractivity contribution is -0.137. The van der Waals surface area contributed by atoms with E-state index in [1.54, 1.807) is 19.0 Å². The predicted octanol–water partition coefficient (Wildman–Crippen LogP) is 3.98. The molecular formula is C18H18F3N3O2. The number of carbonyl (C=O) groups excluding carboxylic acids is 2. The van der Waals surface area contributed by atoms with Crippen molar-refractivity contribution in [3.63, 3.8) is 0 Å². The molecule has 26 heavy (non-hydrogen) atoms. The molecule has 2 rings (SSSR count). The normalized spacial score (nSPS) is 11.0. The topological polar surface area (TPSA) is 61.4 Å². The van der Waals surface area contributed by atoms with E-state index in [0.717, 1.165) is 12.1 Å². The zero-order valence-electron chi connectivity index (χ0n) is 14.4. The molecule has 2 N–H and O–H groups in total. The quantitative estimate of drug-likeness (QED) is 0.862. The third-order valence-electron chi connectivity index (χ3n) is 3.52. The van der Waals surface area contributed by atoms with E-state index in [-0.39, 0.29) is 17.2 Å². The van der Waals surface area contributed by atoms with Crippen molar-refractivity contribution < 1.29 is 22.8 Å². The molecule has 2 amide bonds. The first-order valence-electron chi connectivity index (χ1n) is 7.65. The number of carbonyl (C=O) groups is 2. The van der Waals surface area contributed by atoms with Crippen molar-refractivity contribution in [1.29, 1.82) is 0 Å². The van der Waals surface area contributed by atoms with Crippen LogP contribution in [0.2, 0.25) is 0 Å². The van der Waals surface area contributed by atoms with Crippen molar-refractivity contribution in [2.75, 3.05) is 29.6 Å². The van der Waals surface area contributed by atoms with E-state index in [0.29, 0.717) is 11.4 Å². The van der Waals surface area contributed by atoms with Crippen LogP contribution < -0.4 is 15.5 Å². The van der Waals surface area contributed by atoms with Crippen LogP contribution in [0.5, 0.6) is 0 Å². The summed E-state index contributed by atoms with van der Waals surface area (Å²) in [5.41, 5.74) is 0.421. The van der Waals surface area contributed by atoms with Crippen molar-refractivity contribution in [3.8, 4) is 0 Å². The van der Waals surface area contributed by atoms with Gasteiger partial charge in [0.05, 0.1) is 16.9 Å². The van der Waals surface area contributed by atoms with E-state index in [9.17, 15) is 22.8 Å². The van der Waals surface area contributed by atoms with Gasteiger partial charge >= 0.3 is 6.18 Å². The smallest absolute Gasteiger partial charge is 0.376 e. The van der Waals surface area contributed by atoms with Gasteiger partial charge in [0.1, 0.15) is 0 Å². The van der Waals surface area contributed by atoms with Gasteiger partial charge in [-0.3, -0.25) is 9.59 Å². The van der Waals surface area contributed by atoms with Gasteiger partial charge < -0.3 is 15.5 Å². The van der Waals surface area contributed by atoms with Crippen molar-refractivity contribution in [1.82, 2.24) is 0 Å². The lowest BCUT2D eigenvalue weighted by atomic mass is 10.1. The minimum Gasteiger partial charge on any atom is -0.376 e. The van der Waals surface area contributed by atoms with Crippen LogP contribution >= 0.6 is 0 Å². The molecule has 0 radical (unpaired) electrons. The summed E-state index contributed by atoms with van der Waals surface area (Å²) in [6, 6.07) is 9.20. The van der Waals surface area contributed by atoms with Gasteiger partial charge in [-0.25, -0.2) is 0 Å². The number of benzene rings is 2. The second-order valence-electron chi connectivity index (χ2n) is 5.84. The molecule has 0 saturated heterocycles. The number of nitrogens with one attached hydrogen (secondary N) is 2. The van der Waals surface area contributed by atoms with E-state index >= 15 is 0 Å². The fraction of sp³-hybridized carbons (Fsp3) is 0.222. The van der Waals surface area contributed by atoms with Crippen LogP contribution in [0, 0.1) is 0 Å². The number of amides is 2. The van der Waals surface area contributed by atoms with Gasteiger partial charge in [0.25, 0.3) is 5.91 Å². The van der Waals surface area contributed by atoms with Crippen LogP contribution in [-0.2, 0) is 11.0 Å². The van der Waals surface area contributed by atoms with Crippen molar-refractivity contribution in [3.05, 3.63) is 53.6 Å². The summed E-state index contributed by atoms with van der Waals surface area (Å²) in [4.78, 5) is 25.0. The third-order valence-corrected chi connectivity index (χ3v) is 3.52. The minimum atomic E-state index is -4.51. The van der Waals surface area contributed by atoms with E-state index < -0.39 is 17.6 Å². The van der Waals surface area contributed by atoms with E-state index in [2.05, 4.69) is 10.6 Å². The molecule has 0 bridgehead atoms. The Morgan fingerprint density at radius 1 is 0.962 bits per heavy atom. The summed E-state index contributed by atoms with van der Waals surface area (Å²) >= 11 is 0. The molecule has 0 aromatic heterocycles. The van der Waals surface area contributed by atoms with E-state index in [1.165, 1.54) is 37.3 Å². The molecule has 0 fully saturated rings. The largest absolute Gasteiger partial charge is 0.416 e. The molecule has 0 unspecified atom stereocenters.